The molecule has 1 heterocycles. The van der Waals surface area contributed by atoms with E-state index in [1.165, 1.54) is 35.6 Å². The summed E-state index contributed by atoms with van der Waals surface area (Å²) in [7, 11) is 0. The molecule has 1 amide bonds. The van der Waals surface area contributed by atoms with Gasteiger partial charge in [0, 0.05) is 23.1 Å². The first kappa shape index (κ1) is 21.2. The molecule has 0 saturated heterocycles. The summed E-state index contributed by atoms with van der Waals surface area (Å²) in [5.41, 5.74) is 3.57. The van der Waals surface area contributed by atoms with Gasteiger partial charge >= 0.3 is 5.97 Å². The molecule has 0 unspecified atom stereocenters. The van der Waals surface area contributed by atoms with Crippen molar-refractivity contribution in [2.75, 3.05) is 11.9 Å². The summed E-state index contributed by atoms with van der Waals surface area (Å²) in [6, 6.07) is 13.5. The lowest BCUT2D eigenvalue weighted by atomic mass is 10.0. The van der Waals surface area contributed by atoms with Crippen LogP contribution in [0.15, 0.2) is 53.9 Å². The van der Waals surface area contributed by atoms with Gasteiger partial charge < -0.3 is 10.1 Å². The summed E-state index contributed by atoms with van der Waals surface area (Å²) < 4.78 is 5.20. The fourth-order valence-electron chi connectivity index (χ4n) is 2.89. The number of carbonyl (C=O) groups is 2. The van der Waals surface area contributed by atoms with Gasteiger partial charge in [-0.2, -0.15) is 0 Å². The smallest absolute Gasteiger partial charge is 0.341 e. The van der Waals surface area contributed by atoms with E-state index in [2.05, 4.69) is 5.32 Å². The number of anilines is 1. The molecule has 3 aromatic rings. The largest absolute Gasteiger partial charge is 0.462 e. The van der Waals surface area contributed by atoms with Gasteiger partial charge in [0.15, 0.2) is 0 Å². The van der Waals surface area contributed by atoms with Crippen molar-refractivity contribution in [2.45, 2.75) is 20.3 Å². The number of nitro benzene ring substituents is 1. The summed E-state index contributed by atoms with van der Waals surface area (Å²) in [5, 5.41) is 15.8. The minimum atomic E-state index is -0.500. The van der Waals surface area contributed by atoms with Crippen molar-refractivity contribution >= 4 is 33.9 Å². The molecule has 0 radical (unpaired) electrons. The first-order chi connectivity index (χ1) is 14.4. The zero-order chi connectivity index (χ0) is 21.7. The molecule has 1 N–H and O–H groups in total. The highest BCUT2D eigenvalue weighted by Crippen LogP contribution is 2.36. The molecule has 8 heteroatoms. The highest BCUT2D eigenvalue weighted by molar-refractivity contribution is 7.15. The molecule has 7 nitrogen and oxygen atoms in total. The molecule has 0 fully saturated rings. The Morgan fingerprint density at radius 3 is 2.37 bits per heavy atom. The molecular weight excluding hydrogens is 404 g/mol. The number of rotatable bonds is 7. The topological polar surface area (TPSA) is 98.5 Å². The fourth-order valence-corrected chi connectivity index (χ4v) is 3.87. The Kier molecular flexibility index (Phi) is 6.58. The van der Waals surface area contributed by atoms with Gasteiger partial charge in [0.05, 0.1) is 18.0 Å². The number of thiophene rings is 1. The van der Waals surface area contributed by atoms with Gasteiger partial charge in [0.1, 0.15) is 10.6 Å². The van der Waals surface area contributed by atoms with E-state index in [9.17, 15) is 19.7 Å². The van der Waals surface area contributed by atoms with Gasteiger partial charge in [0.25, 0.3) is 5.69 Å². The first-order valence-electron chi connectivity index (χ1n) is 9.28. The van der Waals surface area contributed by atoms with Crippen LogP contribution in [0.4, 0.5) is 10.7 Å². The third kappa shape index (κ3) is 4.90. The van der Waals surface area contributed by atoms with Gasteiger partial charge in [-0.15, -0.1) is 11.3 Å². The number of hydrogen-bond acceptors (Lipinski definition) is 6. The lowest BCUT2D eigenvalue weighted by molar-refractivity contribution is -0.384. The van der Waals surface area contributed by atoms with Crippen molar-refractivity contribution in [1.82, 2.24) is 0 Å². The Morgan fingerprint density at radius 2 is 1.77 bits per heavy atom. The number of aryl methyl sites for hydroxylation is 1. The predicted octanol–water partition coefficient (Wildman–Crippen LogP) is 4.99. The number of carbonyl (C=O) groups excluding carboxylic acids is 2. The highest BCUT2D eigenvalue weighted by Gasteiger charge is 2.23. The van der Waals surface area contributed by atoms with E-state index in [4.69, 9.17) is 4.74 Å². The predicted molar refractivity (Wildman–Crippen MR) is 116 cm³/mol. The average molecular weight is 424 g/mol. The summed E-state index contributed by atoms with van der Waals surface area (Å²) in [4.78, 5) is 35.4. The third-order valence-electron chi connectivity index (χ3n) is 4.40. The van der Waals surface area contributed by atoms with Gasteiger partial charge in [-0.1, -0.05) is 42.0 Å². The molecule has 0 spiro atoms. The Labute approximate surface area is 177 Å². The molecule has 30 heavy (non-hydrogen) atoms. The second kappa shape index (κ2) is 9.32. The fraction of sp³-hybridized carbons (Fsp3) is 0.182. The van der Waals surface area contributed by atoms with E-state index in [-0.39, 0.29) is 24.6 Å². The number of nitrogens with zero attached hydrogens (tertiary/aromatic N) is 1. The van der Waals surface area contributed by atoms with Crippen LogP contribution in [0.3, 0.4) is 0 Å². The molecule has 0 atom stereocenters. The van der Waals surface area contributed by atoms with Crippen molar-refractivity contribution in [3.05, 3.63) is 80.7 Å². The molecule has 154 valence electrons. The molecule has 0 bridgehead atoms. The zero-order valence-electron chi connectivity index (χ0n) is 16.5. The number of nitrogens with one attached hydrogen (secondary N) is 1. The first-order valence-corrected chi connectivity index (χ1v) is 10.2. The molecule has 0 saturated carbocycles. The molecule has 0 aliphatic carbocycles. The lowest BCUT2D eigenvalue weighted by Crippen LogP contribution is -2.16. The number of ether oxygens (including phenoxy) is 1. The Hall–Kier alpha value is -3.52. The van der Waals surface area contributed by atoms with Crippen molar-refractivity contribution < 1.29 is 19.2 Å². The van der Waals surface area contributed by atoms with E-state index < -0.39 is 10.9 Å². The summed E-state index contributed by atoms with van der Waals surface area (Å²) in [6.07, 6.45) is 0.0258. The van der Waals surface area contributed by atoms with E-state index in [1.807, 2.05) is 36.6 Å². The maximum absolute atomic E-state index is 12.6. The Bertz CT molecular complexity index is 1070. The van der Waals surface area contributed by atoms with Crippen LogP contribution in [0.1, 0.15) is 28.4 Å². The quantitative estimate of drug-likeness (QED) is 0.327. The molecule has 0 aliphatic heterocycles. The second-order valence-electron chi connectivity index (χ2n) is 6.59. The van der Waals surface area contributed by atoms with Crippen LogP contribution < -0.4 is 5.32 Å². The second-order valence-corrected chi connectivity index (χ2v) is 7.47. The maximum Gasteiger partial charge on any atom is 0.341 e. The van der Waals surface area contributed by atoms with Crippen molar-refractivity contribution in [3.8, 4) is 11.1 Å². The number of amides is 1. The minimum absolute atomic E-state index is 0.0258. The van der Waals surface area contributed by atoms with Gasteiger partial charge in [-0.3, -0.25) is 14.9 Å². The normalized spacial score (nSPS) is 10.5. The molecular formula is C22H20N2O5S. The van der Waals surface area contributed by atoms with Crippen LogP contribution >= 0.6 is 11.3 Å². The number of benzene rings is 2. The SMILES string of the molecule is CCOC(=O)c1c(-c2ccc(C)cc2)csc1NC(=O)Cc1ccc([N+](=O)[O-])cc1. The van der Waals surface area contributed by atoms with E-state index in [0.717, 1.165) is 11.1 Å². The van der Waals surface area contributed by atoms with Gasteiger partial charge in [0.2, 0.25) is 5.91 Å². The lowest BCUT2D eigenvalue weighted by Gasteiger charge is -2.09. The standard InChI is InChI=1S/C22H20N2O5S/c1-3-29-22(26)20-18(16-8-4-14(2)5-9-16)13-30-21(20)23-19(25)12-15-6-10-17(11-7-15)24(27)28/h4-11,13H,3,12H2,1-2H3,(H,23,25). The van der Waals surface area contributed by atoms with Crippen LogP contribution in [-0.4, -0.2) is 23.4 Å². The number of nitro groups is 1. The van der Waals surface area contributed by atoms with Crippen molar-refractivity contribution in [1.29, 1.82) is 0 Å². The zero-order valence-corrected chi connectivity index (χ0v) is 17.3. The number of non-ortho nitro benzene ring substituents is 1. The van der Waals surface area contributed by atoms with Crippen LogP contribution in [0.5, 0.6) is 0 Å². The summed E-state index contributed by atoms with van der Waals surface area (Å²) in [6.45, 7) is 3.92. The van der Waals surface area contributed by atoms with Gasteiger partial charge in [-0.05, 0) is 25.0 Å². The molecule has 3 rings (SSSR count). The van der Waals surface area contributed by atoms with Gasteiger partial charge in [-0.25, -0.2) is 4.79 Å². The minimum Gasteiger partial charge on any atom is -0.462 e. The molecule has 1 aromatic heterocycles. The van der Waals surface area contributed by atoms with Crippen LogP contribution in [-0.2, 0) is 16.0 Å². The van der Waals surface area contributed by atoms with Crippen LogP contribution in [0, 0.1) is 17.0 Å². The Morgan fingerprint density at radius 1 is 1.10 bits per heavy atom. The number of hydrogen-bond donors (Lipinski definition) is 1. The molecule has 2 aromatic carbocycles. The summed E-state index contributed by atoms with van der Waals surface area (Å²) >= 11 is 1.25. The van der Waals surface area contributed by atoms with Crippen molar-refractivity contribution in [2.24, 2.45) is 0 Å². The summed E-state index contributed by atoms with van der Waals surface area (Å²) in [5.74, 6) is -0.827. The van der Waals surface area contributed by atoms with E-state index >= 15 is 0 Å². The third-order valence-corrected chi connectivity index (χ3v) is 5.29. The van der Waals surface area contributed by atoms with E-state index in [1.54, 1.807) is 6.92 Å². The molecule has 0 aliphatic rings. The highest BCUT2D eigenvalue weighted by atomic mass is 32.1. The maximum atomic E-state index is 12.6. The van der Waals surface area contributed by atoms with Crippen LogP contribution in [0.2, 0.25) is 0 Å². The average Bonchev–Trinajstić information content (AvgIpc) is 3.12. The van der Waals surface area contributed by atoms with E-state index in [0.29, 0.717) is 21.7 Å². The van der Waals surface area contributed by atoms with Crippen molar-refractivity contribution in [3.63, 3.8) is 0 Å². The monoisotopic (exact) mass is 424 g/mol. The van der Waals surface area contributed by atoms with Crippen LogP contribution in [0.25, 0.3) is 11.1 Å². The number of esters is 1. The Balaban J connectivity index is 1.84.